The molecule has 0 unspecified atom stereocenters. The molecule has 2 N–H and O–H groups in total. The van der Waals surface area contributed by atoms with E-state index in [2.05, 4.69) is 4.98 Å². The number of aliphatic hydroxyl groups is 1. The Kier molecular flexibility index (Phi) is 2.39. The quantitative estimate of drug-likeness (QED) is 0.769. The van der Waals surface area contributed by atoms with Crippen molar-refractivity contribution >= 4 is 11.6 Å². The van der Waals surface area contributed by atoms with Crippen LogP contribution in [0.15, 0.2) is 24.5 Å². The van der Waals surface area contributed by atoms with Gasteiger partial charge in [-0.1, -0.05) is 0 Å². The first-order chi connectivity index (χ1) is 7.20. The van der Waals surface area contributed by atoms with Crippen LogP contribution in [-0.2, 0) is 6.42 Å². The average Bonchev–Trinajstić information content (AvgIpc) is 2.59. The lowest BCUT2D eigenvalue weighted by Crippen LogP contribution is -1.97. The van der Waals surface area contributed by atoms with Crippen molar-refractivity contribution in [1.29, 1.82) is 0 Å². The van der Waals surface area contributed by atoms with Crippen molar-refractivity contribution in [3.63, 3.8) is 0 Å². The van der Waals surface area contributed by atoms with Crippen molar-refractivity contribution in [2.45, 2.75) is 6.42 Å². The maximum Gasteiger partial charge on any atom is 0.337 e. The number of carbonyl (C=O) groups is 1. The molecule has 0 aliphatic rings. The molecule has 0 amide bonds. The molecule has 2 aromatic rings. The molecule has 0 aromatic carbocycles. The number of carboxylic acid groups (broad SMARTS) is 1. The topological polar surface area (TPSA) is 74.8 Å². The monoisotopic (exact) mass is 206 g/mol. The van der Waals surface area contributed by atoms with Crippen LogP contribution in [0.25, 0.3) is 5.65 Å². The normalized spacial score (nSPS) is 10.7. The molecule has 78 valence electrons. The number of hydrogen-bond acceptors (Lipinski definition) is 3. The van der Waals surface area contributed by atoms with Crippen LogP contribution < -0.4 is 0 Å². The summed E-state index contributed by atoms with van der Waals surface area (Å²) in [5.74, 6) is -0.964. The van der Waals surface area contributed by atoms with Crippen LogP contribution in [0.4, 0.5) is 0 Å². The fourth-order valence-electron chi connectivity index (χ4n) is 1.41. The van der Waals surface area contributed by atoms with Gasteiger partial charge in [0.05, 0.1) is 11.3 Å². The first-order valence-electron chi connectivity index (χ1n) is 4.52. The fraction of sp³-hybridized carbons (Fsp3) is 0.200. The van der Waals surface area contributed by atoms with E-state index in [0.717, 1.165) is 5.69 Å². The molecule has 0 radical (unpaired) electrons. The summed E-state index contributed by atoms with van der Waals surface area (Å²) >= 11 is 0. The third-order valence-electron chi connectivity index (χ3n) is 2.12. The molecule has 0 fully saturated rings. The van der Waals surface area contributed by atoms with Gasteiger partial charge in [-0.2, -0.15) is 0 Å². The van der Waals surface area contributed by atoms with Gasteiger partial charge < -0.3 is 14.6 Å². The highest BCUT2D eigenvalue weighted by Gasteiger charge is 2.05. The second kappa shape index (κ2) is 3.70. The molecule has 15 heavy (non-hydrogen) atoms. The van der Waals surface area contributed by atoms with Crippen molar-refractivity contribution in [3.8, 4) is 0 Å². The molecule has 5 heteroatoms. The maximum absolute atomic E-state index is 10.7. The summed E-state index contributed by atoms with van der Waals surface area (Å²) in [6, 6.07) is 3.15. The highest BCUT2D eigenvalue weighted by molar-refractivity contribution is 5.87. The predicted octanol–water partition coefficient (Wildman–Crippen LogP) is 0.567. The maximum atomic E-state index is 10.7. The summed E-state index contributed by atoms with van der Waals surface area (Å²) in [7, 11) is 0. The summed E-state index contributed by atoms with van der Waals surface area (Å²) in [6.07, 6.45) is 3.70. The molecule has 0 saturated carbocycles. The van der Waals surface area contributed by atoms with Crippen LogP contribution in [0, 0.1) is 0 Å². The number of hydrogen-bond donors (Lipinski definition) is 2. The highest BCUT2D eigenvalue weighted by Crippen LogP contribution is 2.08. The van der Waals surface area contributed by atoms with Crippen molar-refractivity contribution in [2.75, 3.05) is 6.61 Å². The minimum atomic E-state index is -0.964. The Balaban J connectivity index is 2.47. The van der Waals surface area contributed by atoms with E-state index in [1.54, 1.807) is 16.7 Å². The summed E-state index contributed by atoms with van der Waals surface area (Å²) in [5.41, 5.74) is 1.65. The van der Waals surface area contributed by atoms with Gasteiger partial charge in [-0.25, -0.2) is 9.78 Å². The third kappa shape index (κ3) is 1.82. The molecule has 0 atom stereocenters. The average molecular weight is 206 g/mol. The molecular weight excluding hydrogens is 196 g/mol. The summed E-state index contributed by atoms with van der Waals surface area (Å²) in [4.78, 5) is 14.9. The number of pyridine rings is 1. The van der Waals surface area contributed by atoms with Crippen molar-refractivity contribution in [3.05, 3.63) is 35.8 Å². The van der Waals surface area contributed by atoms with Gasteiger partial charge in [0, 0.05) is 25.4 Å². The molecule has 0 spiro atoms. The van der Waals surface area contributed by atoms with E-state index >= 15 is 0 Å². The van der Waals surface area contributed by atoms with Crippen LogP contribution in [0.1, 0.15) is 16.1 Å². The van der Waals surface area contributed by atoms with Crippen LogP contribution in [-0.4, -0.2) is 32.2 Å². The summed E-state index contributed by atoms with van der Waals surface area (Å²) in [6.45, 7) is 0.0374. The van der Waals surface area contributed by atoms with Crippen molar-refractivity contribution in [1.82, 2.24) is 9.38 Å². The molecule has 2 rings (SSSR count). The Morgan fingerprint density at radius 3 is 2.87 bits per heavy atom. The third-order valence-corrected chi connectivity index (χ3v) is 2.12. The lowest BCUT2D eigenvalue weighted by Gasteiger charge is -1.95. The first-order valence-corrected chi connectivity index (χ1v) is 4.52. The zero-order valence-electron chi connectivity index (χ0n) is 7.92. The van der Waals surface area contributed by atoms with E-state index in [1.807, 2.05) is 0 Å². The largest absolute Gasteiger partial charge is 0.478 e. The van der Waals surface area contributed by atoms with Gasteiger partial charge in [-0.15, -0.1) is 0 Å². The van der Waals surface area contributed by atoms with Crippen LogP contribution >= 0.6 is 0 Å². The number of fused-ring (bicyclic) bond motifs is 1. The minimum absolute atomic E-state index is 0.0374. The van der Waals surface area contributed by atoms with E-state index in [9.17, 15) is 4.79 Å². The van der Waals surface area contributed by atoms with Crippen molar-refractivity contribution < 1.29 is 15.0 Å². The second-order valence-electron chi connectivity index (χ2n) is 3.19. The van der Waals surface area contributed by atoms with E-state index in [4.69, 9.17) is 10.2 Å². The molecule has 0 saturated heterocycles. The molecule has 2 aromatic heterocycles. The van der Waals surface area contributed by atoms with E-state index < -0.39 is 5.97 Å². The number of carboxylic acids is 1. The van der Waals surface area contributed by atoms with Gasteiger partial charge in [0.2, 0.25) is 0 Å². The van der Waals surface area contributed by atoms with Gasteiger partial charge in [-0.3, -0.25) is 0 Å². The number of aliphatic hydroxyl groups excluding tert-OH is 1. The van der Waals surface area contributed by atoms with Crippen LogP contribution in [0.5, 0.6) is 0 Å². The first kappa shape index (κ1) is 9.67. The Labute approximate surface area is 85.6 Å². The molecular formula is C10H10N2O3. The zero-order chi connectivity index (χ0) is 10.8. The number of imidazole rings is 1. The summed E-state index contributed by atoms with van der Waals surface area (Å²) < 4.78 is 1.65. The lowest BCUT2D eigenvalue weighted by atomic mass is 10.3. The SMILES string of the molecule is O=C(O)c1ccc2nc(CCO)cn2c1. The number of aromatic carboxylic acids is 1. The Hall–Kier alpha value is -1.88. The standard InChI is InChI=1S/C10H10N2O3/c13-4-3-8-6-12-5-7(10(14)15)1-2-9(12)11-8/h1-2,5-6,13H,3-4H2,(H,14,15). The van der Waals surface area contributed by atoms with Crippen LogP contribution in [0.2, 0.25) is 0 Å². The van der Waals surface area contributed by atoms with Gasteiger partial charge in [0.15, 0.2) is 0 Å². The predicted molar refractivity (Wildman–Crippen MR) is 52.9 cm³/mol. The summed E-state index contributed by atoms with van der Waals surface area (Å²) in [5, 5.41) is 17.5. The van der Waals surface area contributed by atoms with E-state index in [0.29, 0.717) is 12.1 Å². The number of nitrogens with zero attached hydrogens (tertiary/aromatic N) is 2. The smallest absolute Gasteiger partial charge is 0.337 e. The van der Waals surface area contributed by atoms with Gasteiger partial charge in [-0.05, 0) is 12.1 Å². The van der Waals surface area contributed by atoms with Gasteiger partial charge >= 0.3 is 5.97 Å². The lowest BCUT2D eigenvalue weighted by molar-refractivity contribution is 0.0696. The highest BCUT2D eigenvalue weighted by atomic mass is 16.4. The van der Waals surface area contributed by atoms with Gasteiger partial charge in [0.1, 0.15) is 5.65 Å². The van der Waals surface area contributed by atoms with Gasteiger partial charge in [0.25, 0.3) is 0 Å². The number of aromatic nitrogens is 2. The molecule has 5 nitrogen and oxygen atoms in total. The number of rotatable bonds is 3. The molecule has 2 heterocycles. The van der Waals surface area contributed by atoms with E-state index in [-0.39, 0.29) is 12.2 Å². The van der Waals surface area contributed by atoms with Crippen molar-refractivity contribution in [2.24, 2.45) is 0 Å². The zero-order valence-corrected chi connectivity index (χ0v) is 7.92. The Bertz CT molecular complexity index is 504. The Morgan fingerprint density at radius 1 is 1.40 bits per heavy atom. The second-order valence-corrected chi connectivity index (χ2v) is 3.19. The fourth-order valence-corrected chi connectivity index (χ4v) is 1.41. The Morgan fingerprint density at radius 2 is 2.20 bits per heavy atom. The molecule has 0 aliphatic carbocycles. The molecule has 0 bridgehead atoms. The minimum Gasteiger partial charge on any atom is -0.478 e. The molecule has 0 aliphatic heterocycles. The van der Waals surface area contributed by atoms with Crippen LogP contribution in [0.3, 0.4) is 0 Å². The van der Waals surface area contributed by atoms with E-state index in [1.165, 1.54) is 12.3 Å².